The van der Waals surface area contributed by atoms with Gasteiger partial charge in [-0.2, -0.15) is 4.98 Å². The average molecular weight is 383 g/mol. The second-order valence-electron chi connectivity index (χ2n) is 6.76. The number of fused-ring (bicyclic) bond motifs is 1. The molecular formula is C19H21N5O4. The molecule has 3 heterocycles. The Morgan fingerprint density at radius 2 is 1.96 bits per heavy atom. The summed E-state index contributed by atoms with van der Waals surface area (Å²) in [6.45, 7) is 2.59. The standard InChI is InChI=1S/C19H21N5O4/c25-14-10-13(17(26)20-11-12-4-2-1-3-5-12)15-16(21-14)22-19(23-18(15)27)24-6-8-28-9-7-24/h1-5,13H,6-11H2,(H,20,26)(H2,21,22,23,25,27)/t13-/m0/s1. The molecule has 2 amide bonds. The van der Waals surface area contributed by atoms with Gasteiger partial charge in [0.2, 0.25) is 17.8 Å². The molecule has 1 aromatic heterocycles. The van der Waals surface area contributed by atoms with Crippen LogP contribution in [0.5, 0.6) is 0 Å². The molecular weight excluding hydrogens is 362 g/mol. The van der Waals surface area contributed by atoms with Crippen LogP contribution in [-0.2, 0) is 20.9 Å². The van der Waals surface area contributed by atoms with E-state index in [-0.39, 0.29) is 29.6 Å². The lowest BCUT2D eigenvalue weighted by Crippen LogP contribution is -2.42. The lowest BCUT2D eigenvalue weighted by Gasteiger charge is -2.29. The lowest BCUT2D eigenvalue weighted by molar-refractivity contribution is -0.126. The Hall–Kier alpha value is -3.20. The fraction of sp³-hybridized carbons (Fsp3) is 0.368. The number of nitrogens with zero attached hydrogens (tertiary/aromatic N) is 2. The van der Waals surface area contributed by atoms with Gasteiger partial charge in [0.15, 0.2) is 0 Å². The number of nitrogens with one attached hydrogen (secondary N) is 3. The van der Waals surface area contributed by atoms with Crippen LogP contribution < -0.4 is 21.1 Å². The number of H-pyrrole nitrogens is 1. The highest BCUT2D eigenvalue weighted by Crippen LogP contribution is 2.29. The van der Waals surface area contributed by atoms with Crippen molar-refractivity contribution in [2.75, 3.05) is 36.5 Å². The highest BCUT2D eigenvalue weighted by molar-refractivity contribution is 6.00. The first kappa shape index (κ1) is 18.2. The van der Waals surface area contributed by atoms with Gasteiger partial charge in [0.1, 0.15) is 5.82 Å². The van der Waals surface area contributed by atoms with E-state index in [9.17, 15) is 14.4 Å². The number of hydrogen-bond acceptors (Lipinski definition) is 6. The molecule has 2 aromatic rings. The van der Waals surface area contributed by atoms with Crippen LogP contribution in [0.2, 0.25) is 0 Å². The zero-order chi connectivity index (χ0) is 19.5. The van der Waals surface area contributed by atoms with E-state index in [2.05, 4.69) is 20.6 Å². The van der Waals surface area contributed by atoms with Crippen molar-refractivity contribution in [1.29, 1.82) is 0 Å². The third kappa shape index (κ3) is 3.74. The Balaban J connectivity index is 1.58. The maximum Gasteiger partial charge on any atom is 0.258 e. The van der Waals surface area contributed by atoms with Crippen molar-refractivity contribution in [3.63, 3.8) is 0 Å². The van der Waals surface area contributed by atoms with E-state index in [1.54, 1.807) is 0 Å². The number of anilines is 2. The van der Waals surface area contributed by atoms with Crippen molar-refractivity contribution >= 4 is 23.6 Å². The van der Waals surface area contributed by atoms with Gasteiger partial charge in [0, 0.05) is 26.1 Å². The largest absolute Gasteiger partial charge is 0.378 e. The highest BCUT2D eigenvalue weighted by Gasteiger charge is 2.35. The van der Waals surface area contributed by atoms with E-state index in [4.69, 9.17) is 4.74 Å². The number of carbonyl (C=O) groups is 2. The summed E-state index contributed by atoms with van der Waals surface area (Å²) in [5, 5.41) is 5.44. The van der Waals surface area contributed by atoms with Crippen molar-refractivity contribution in [3.8, 4) is 0 Å². The minimum Gasteiger partial charge on any atom is -0.378 e. The number of aromatic nitrogens is 2. The lowest BCUT2D eigenvalue weighted by atomic mass is 9.92. The fourth-order valence-corrected chi connectivity index (χ4v) is 3.42. The van der Waals surface area contributed by atoms with Crippen molar-refractivity contribution in [2.45, 2.75) is 18.9 Å². The van der Waals surface area contributed by atoms with Crippen molar-refractivity contribution in [1.82, 2.24) is 15.3 Å². The third-order valence-electron chi connectivity index (χ3n) is 4.88. The summed E-state index contributed by atoms with van der Waals surface area (Å²) in [6.07, 6.45) is -0.0880. The Bertz CT molecular complexity index is 937. The van der Waals surface area contributed by atoms with Gasteiger partial charge >= 0.3 is 0 Å². The molecule has 2 aliphatic rings. The van der Waals surface area contributed by atoms with Crippen LogP contribution in [0.4, 0.5) is 11.8 Å². The van der Waals surface area contributed by atoms with E-state index in [1.165, 1.54) is 0 Å². The molecule has 28 heavy (non-hydrogen) atoms. The van der Waals surface area contributed by atoms with Gasteiger partial charge in [0.05, 0.1) is 24.7 Å². The van der Waals surface area contributed by atoms with Crippen LogP contribution in [0.25, 0.3) is 0 Å². The average Bonchev–Trinajstić information content (AvgIpc) is 2.72. The molecule has 3 N–H and O–H groups in total. The predicted molar refractivity (Wildman–Crippen MR) is 102 cm³/mol. The van der Waals surface area contributed by atoms with Gasteiger partial charge in [-0.05, 0) is 5.56 Å². The van der Waals surface area contributed by atoms with Gasteiger partial charge in [-0.1, -0.05) is 30.3 Å². The first-order valence-corrected chi connectivity index (χ1v) is 9.20. The molecule has 4 rings (SSSR count). The Labute approximate surface area is 161 Å². The van der Waals surface area contributed by atoms with Gasteiger partial charge in [-0.25, -0.2) is 0 Å². The summed E-state index contributed by atoms with van der Waals surface area (Å²) in [4.78, 5) is 46.6. The normalized spacial score (nSPS) is 18.9. The monoisotopic (exact) mass is 383 g/mol. The van der Waals surface area contributed by atoms with Gasteiger partial charge in [0.25, 0.3) is 5.56 Å². The van der Waals surface area contributed by atoms with E-state index in [0.717, 1.165) is 5.56 Å². The molecule has 9 heteroatoms. The first-order valence-electron chi connectivity index (χ1n) is 9.20. The zero-order valence-corrected chi connectivity index (χ0v) is 15.2. The molecule has 0 unspecified atom stereocenters. The predicted octanol–water partition coefficient (Wildman–Crippen LogP) is 0.349. The zero-order valence-electron chi connectivity index (χ0n) is 15.2. The number of carbonyl (C=O) groups excluding carboxylic acids is 2. The van der Waals surface area contributed by atoms with Crippen LogP contribution in [0.3, 0.4) is 0 Å². The Kier molecular flexibility index (Phi) is 5.07. The fourth-order valence-electron chi connectivity index (χ4n) is 3.42. The second kappa shape index (κ2) is 7.81. The topological polar surface area (TPSA) is 116 Å². The second-order valence-corrected chi connectivity index (χ2v) is 6.76. The molecule has 0 spiro atoms. The van der Waals surface area contributed by atoms with Crippen molar-refractivity contribution in [2.24, 2.45) is 0 Å². The number of aromatic amines is 1. The van der Waals surface area contributed by atoms with Crippen LogP contribution in [0.1, 0.15) is 23.5 Å². The van der Waals surface area contributed by atoms with Crippen LogP contribution in [0.15, 0.2) is 35.1 Å². The highest BCUT2D eigenvalue weighted by atomic mass is 16.5. The summed E-state index contributed by atoms with van der Waals surface area (Å²) in [5.41, 5.74) is 0.722. The molecule has 1 fully saturated rings. The van der Waals surface area contributed by atoms with Crippen LogP contribution in [0, 0.1) is 0 Å². The molecule has 9 nitrogen and oxygen atoms in total. The molecule has 0 bridgehead atoms. The van der Waals surface area contributed by atoms with E-state index in [0.29, 0.717) is 38.8 Å². The molecule has 1 aromatic carbocycles. The van der Waals surface area contributed by atoms with Crippen molar-refractivity contribution < 1.29 is 14.3 Å². The molecule has 1 atom stereocenters. The molecule has 0 radical (unpaired) electrons. The minimum atomic E-state index is -0.873. The maximum absolute atomic E-state index is 12.7. The number of hydrogen-bond donors (Lipinski definition) is 3. The summed E-state index contributed by atoms with van der Waals surface area (Å²) in [7, 11) is 0. The quantitative estimate of drug-likeness (QED) is 0.702. The summed E-state index contributed by atoms with van der Waals surface area (Å²) < 4.78 is 5.31. The molecule has 146 valence electrons. The maximum atomic E-state index is 12.7. The van der Waals surface area contributed by atoms with E-state index < -0.39 is 11.5 Å². The van der Waals surface area contributed by atoms with Crippen LogP contribution >= 0.6 is 0 Å². The SMILES string of the molecule is O=C1C[C@H](C(=O)NCc2ccccc2)c2c(nc(N3CCOCC3)[nH]c2=O)N1. The number of benzene rings is 1. The first-order chi connectivity index (χ1) is 13.6. The Morgan fingerprint density at radius 1 is 1.21 bits per heavy atom. The van der Waals surface area contributed by atoms with Crippen LogP contribution in [-0.4, -0.2) is 48.1 Å². The third-order valence-corrected chi connectivity index (χ3v) is 4.88. The van der Waals surface area contributed by atoms with Crippen molar-refractivity contribution in [3.05, 3.63) is 51.8 Å². The number of rotatable bonds is 4. The van der Waals surface area contributed by atoms with Gasteiger partial charge in [-0.15, -0.1) is 0 Å². The smallest absolute Gasteiger partial charge is 0.258 e. The molecule has 0 aliphatic carbocycles. The van der Waals surface area contributed by atoms with Gasteiger partial charge < -0.3 is 20.3 Å². The van der Waals surface area contributed by atoms with E-state index in [1.807, 2.05) is 35.2 Å². The molecule has 1 saturated heterocycles. The van der Waals surface area contributed by atoms with Gasteiger partial charge in [-0.3, -0.25) is 19.4 Å². The Morgan fingerprint density at radius 3 is 2.71 bits per heavy atom. The summed E-state index contributed by atoms with van der Waals surface area (Å²) in [6, 6.07) is 9.44. The molecule has 0 saturated carbocycles. The summed E-state index contributed by atoms with van der Waals surface area (Å²) >= 11 is 0. The number of ether oxygens (including phenoxy) is 1. The summed E-state index contributed by atoms with van der Waals surface area (Å²) in [5.74, 6) is -1.05. The van der Waals surface area contributed by atoms with E-state index >= 15 is 0 Å². The number of morpholine rings is 1. The number of amides is 2. The molecule has 2 aliphatic heterocycles. The minimum absolute atomic E-state index is 0.0880.